The lowest BCUT2D eigenvalue weighted by atomic mass is 10.1. The molecule has 4 rings (SSSR count). The molecule has 144 valence electrons. The van der Waals surface area contributed by atoms with Gasteiger partial charge in [0.15, 0.2) is 5.16 Å². The van der Waals surface area contributed by atoms with Crippen LogP contribution in [0.2, 0.25) is 0 Å². The Labute approximate surface area is 168 Å². The highest BCUT2D eigenvalue weighted by molar-refractivity contribution is 7.99. The number of carbonyl (C=O) groups is 1. The van der Waals surface area contributed by atoms with Crippen molar-refractivity contribution in [3.05, 3.63) is 63.9 Å². The summed E-state index contributed by atoms with van der Waals surface area (Å²) in [6.45, 7) is 5.64. The average Bonchev–Trinajstić information content (AvgIpc) is 3.23. The van der Waals surface area contributed by atoms with Gasteiger partial charge in [-0.2, -0.15) is 0 Å². The lowest BCUT2D eigenvalue weighted by Gasteiger charge is -2.18. The van der Waals surface area contributed by atoms with E-state index in [0.717, 1.165) is 42.7 Å². The standard InChI is InChI=1S/C22H23N3O2S/c1-15-8-7-9-16(2)20(15)25-21(27)17-10-3-4-11-18(17)23-22(25)28-14-19(26)24-12-5-6-13-24/h3-4,7-11H,5-6,12-14H2,1-2H3. The highest BCUT2D eigenvalue weighted by Gasteiger charge is 2.21. The molecule has 0 unspecified atom stereocenters. The molecule has 1 saturated heterocycles. The number of thioether (sulfide) groups is 1. The number of benzene rings is 2. The SMILES string of the molecule is Cc1cccc(C)c1-n1c(SCC(=O)N2CCCC2)nc2ccccc2c1=O. The number of para-hydroxylation sites is 2. The summed E-state index contributed by atoms with van der Waals surface area (Å²) in [6.07, 6.45) is 2.13. The van der Waals surface area contributed by atoms with Gasteiger partial charge in [-0.05, 0) is 49.9 Å². The molecule has 3 aromatic rings. The lowest BCUT2D eigenvalue weighted by Crippen LogP contribution is -2.30. The number of hydrogen-bond acceptors (Lipinski definition) is 4. The summed E-state index contributed by atoms with van der Waals surface area (Å²) in [4.78, 5) is 32.6. The number of hydrogen-bond donors (Lipinski definition) is 0. The fourth-order valence-corrected chi connectivity index (χ4v) is 4.65. The van der Waals surface area contributed by atoms with Crippen molar-refractivity contribution in [3.8, 4) is 5.69 Å². The first-order valence-electron chi connectivity index (χ1n) is 9.55. The molecule has 1 fully saturated rings. The summed E-state index contributed by atoms with van der Waals surface area (Å²) in [5.41, 5.74) is 3.42. The van der Waals surface area contributed by atoms with Crippen molar-refractivity contribution in [2.75, 3.05) is 18.8 Å². The van der Waals surface area contributed by atoms with Crippen LogP contribution in [0.25, 0.3) is 16.6 Å². The predicted octanol–water partition coefficient (Wildman–Crippen LogP) is 3.72. The molecule has 0 atom stereocenters. The van der Waals surface area contributed by atoms with Gasteiger partial charge in [-0.1, -0.05) is 42.1 Å². The Bertz CT molecular complexity index is 1080. The number of aromatic nitrogens is 2. The van der Waals surface area contributed by atoms with Gasteiger partial charge in [0.05, 0.1) is 22.3 Å². The molecule has 0 radical (unpaired) electrons. The third-order valence-corrected chi connectivity index (χ3v) is 6.11. The van der Waals surface area contributed by atoms with E-state index in [1.165, 1.54) is 11.8 Å². The minimum Gasteiger partial charge on any atom is -0.342 e. The Hall–Kier alpha value is -2.60. The van der Waals surface area contributed by atoms with E-state index in [0.29, 0.717) is 16.1 Å². The molecule has 0 aliphatic carbocycles. The molecule has 1 aliphatic rings. The molecule has 0 spiro atoms. The van der Waals surface area contributed by atoms with Gasteiger partial charge >= 0.3 is 0 Å². The van der Waals surface area contributed by atoms with Gasteiger partial charge < -0.3 is 4.90 Å². The smallest absolute Gasteiger partial charge is 0.266 e. The third kappa shape index (κ3) is 3.44. The molecule has 28 heavy (non-hydrogen) atoms. The lowest BCUT2D eigenvalue weighted by molar-refractivity contribution is -0.127. The zero-order chi connectivity index (χ0) is 19.7. The molecule has 0 bridgehead atoms. The van der Waals surface area contributed by atoms with Gasteiger partial charge in [-0.3, -0.25) is 14.2 Å². The van der Waals surface area contributed by atoms with Crippen LogP contribution in [0.3, 0.4) is 0 Å². The first kappa shape index (κ1) is 18.7. The van der Waals surface area contributed by atoms with Crippen LogP contribution in [0.4, 0.5) is 0 Å². The Balaban J connectivity index is 1.82. The topological polar surface area (TPSA) is 55.2 Å². The molecular formula is C22H23N3O2S. The molecule has 1 aromatic heterocycles. The maximum Gasteiger partial charge on any atom is 0.266 e. The van der Waals surface area contributed by atoms with Crippen molar-refractivity contribution < 1.29 is 4.79 Å². The molecule has 6 heteroatoms. The normalized spacial score (nSPS) is 14.0. The number of carbonyl (C=O) groups excluding carboxylic acids is 1. The first-order valence-corrected chi connectivity index (χ1v) is 10.5. The van der Waals surface area contributed by atoms with Gasteiger partial charge in [0.25, 0.3) is 5.56 Å². The third-order valence-electron chi connectivity index (χ3n) is 5.19. The van der Waals surface area contributed by atoms with Crippen LogP contribution in [-0.2, 0) is 4.79 Å². The van der Waals surface area contributed by atoms with Crippen LogP contribution in [0.1, 0.15) is 24.0 Å². The molecule has 5 nitrogen and oxygen atoms in total. The maximum absolute atomic E-state index is 13.4. The summed E-state index contributed by atoms with van der Waals surface area (Å²) < 4.78 is 1.68. The van der Waals surface area contributed by atoms with E-state index in [4.69, 9.17) is 4.98 Å². The zero-order valence-electron chi connectivity index (χ0n) is 16.1. The van der Waals surface area contributed by atoms with Crippen LogP contribution in [0, 0.1) is 13.8 Å². The van der Waals surface area contributed by atoms with E-state index in [2.05, 4.69) is 0 Å². The summed E-state index contributed by atoms with van der Waals surface area (Å²) in [7, 11) is 0. The van der Waals surface area contributed by atoms with Gasteiger partial charge in [-0.25, -0.2) is 4.98 Å². The van der Waals surface area contributed by atoms with Crippen LogP contribution in [0.5, 0.6) is 0 Å². The van der Waals surface area contributed by atoms with E-state index >= 15 is 0 Å². The summed E-state index contributed by atoms with van der Waals surface area (Å²) >= 11 is 1.34. The van der Waals surface area contributed by atoms with Crippen molar-refractivity contribution in [1.82, 2.24) is 14.5 Å². The highest BCUT2D eigenvalue weighted by Crippen LogP contribution is 2.26. The van der Waals surface area contributed by atoms with E-state index in [9.17, 15) is 9.59 Å². The second-order valence-corrected chi connectivity index (χ2v) is 8.11. The Morgan fingerprint density at radius 2 is 1.71 bits per heavy atom. The molecule has 0 N–H and O–H groups in total. The van der Waals surface area contributed by atoms with E-state index in [1.54, 1.807) is 10.6 Å². The number of likely N-dealkylation sites (tertiary alicyclic amines) is 1. The minimum absolute atomic E-state index is 0.0980. The number of amides is 1. The first-order chi connectivity index (χ1) is 13.6. The monoisotopic (exact) mass is 393 g/mol. The van der Waals surface area contributed by atoms with E-state index < -0.39 is 0 Å². The Kier molecular flexibility index (Phi) is 5.22. The van der Waals surface area contributed by atoms with Gasteiger partial charge in [-0.15, -0.1) is 0 Å². The highest BCUT2D eigenvalue weighted by atomic mass is 32.2. The van der Waals surface area contributed by atoms with Crippen molar-refractivity contribution in [3.63, 3.8) is 0 Å². The molecule has 0 saturated carbocycles. The van der Waals surface area contributed by atoms with E-state index in [1.807, 2.05) is 55.1 Å². The minimum atomic E-state index is -0.0980. The summed E-state index contributed by atoms with van der Waals surface area (Å²) in [6, 6.07) is 13.3. The maximum atomic E-state index is 13.4. The predicted molar refractivity (Wildman–Crippen MR) is 113 cm³/mol. The quantitative estimate of drug-likeness (QED) is 0.501. The molecular weight excluding hydrogens is 370 g/mol. The van der Waals surface area contributed by atoms with E-state index in [-0.39, 0.29) is 17.2 Å². The fraction of sp³-hybridized carbons (Fsp3) is 0.318. The van der Waals surface area contributed by atoms with Crippen molar-refractivity contribution in [2.45, 2.75) is 31.8 Å². The van der Waals surface area contributed by atoms with Gasteiger partial charge in [0, 0.05) is 13.1 Å². The largest absolute Gasteiger partial charge is 0.342 e. The molecule has 2 heterocycles. The van der Waals surface area contributed by atoms with Crippen molar-refractivity contribution in [2.24, 2.45) is 0 Å². The van der Waals surface area contributed by atoms with Crippen LogP contribution in [0.15, 0.2) is 52.4 Å². The van der Waals surface area contributed by atoms with Gasteiger partial charge in [0.2, 0.25) is 5.91 Å². The number of nitrogens with zero attached hydrogens (tertiary/aromatic N) is 3. The Morgan fingerprint density at radius 1 is 1.04 bits per heavy atom. The molecule has 1 amide bonds. The second kappa shape index (κ2) is 7.80. The van der Waals surface area contributed by atoms with Crippen LogP contribution < -0.4 is 5.56 Å². The zero-order valence-corrected chi connectivity index (χ0v) is 17.0. The fourth-order valence-electron chi connectivity index (χ4n) is 3.75. The van der Waals surface area contributed by atoms with Crippen molar-refractivity contribution in [1.29, 1.82) is 0 Å². The van der Waals surface area contributed by atoms with Crippen molar-refractivity contribution >= 4 is 28.6 Å². The second-order valence-electron chi connectivity index (χ2n) is 7.17. The molecule has 1 aliphatic heterocycles. The Morgan fingerprint density at radius 3 is 2.43 bits per heavy atom. The summed E-state index contributed by atoms with van der Waals surface area (Å²) in [5, 5.41) is 1.15. The molecule has 2 aromatic carbocycles. The summed E-state index contributed by atoms with van der Waals surface area (Å²) in [5.74, 6) is 0.397. The van der Waals surface area contributed by atoms with Gasteiger partial charge in [0.1, 0.15) is 0 Å². The average molecular weight is 394 g/mol. The van der Waals surface area contributed by atoms with Crippen LogP contribution >= 0.6 is 11.8 Å². The van der Waals surface area contributed by atoms with Crippen LogP contribution in [-0.4, -0.2) is 39.2 Å². The number of rotatable bonds is 4. The number of fused-ring (bicyclic) bond motifs is 1. The number of aryl methyl sites for hydroxylation is 2.